The normalized spacial score (nSPS) is 12.0. The van der Waals surface area contributed by atoms with Gasteiger partial charge in [0.25, 0.3) is 10.0 Å². The third-order valence-electron chi connectivity index (χ3n) is 5.03. The number of halogens is 1. The lowest BCUT2D eigenvalue weighted by molar-refractivity contribution is -0.120. The molecule has 0 fully saturated rings. The fraction of sp³-hybridized carbons (Fsp3) is 0.208. The number of methoxy groups -OCH3 is 2. The minimum Gasteiger partial charge on any atom is -0.496 e. The van der Waals surface area contributed by atoms with Crippen LogP contribution in [0.2, 0.25) is 0 Å². The van der Waals surface area contributed by atoms with Gasteiger partial charge in [0.1, 0.15) is 23.9 Å². The number of nitrogens with zero attached hydrogens (tertiary/aromatic N) is 1. The van der Waals surface area contributed by atoms with Crippen molar-refractivity contribution in [3.05, 3.63) is 84.2 Å². The molecule has 0 aromatic heterocycles. The molecule has 1 atom stereocenters. The highest BCUT2D eigenvalue weighted by molar-refractivity contribution is 7.92. The van der Waals surface area contributed by atoms with E-state index >= 15 is 0 Å². The van der Waals surface area contributed by atoms with E-state index in [0.29, 0.717) is 5.75 Å². The number of anilines is 1. The summed E-state index contributed by atoms with van der Waals surface area (Å²) in [5.41, 5.74) is 0.933. The first-order chi connectivity index (χ1) is 15.8. The predicted molar refractivity (Wildman–Crippen MR) is 123 cm³/mol. The van der Waals surface area contributed by atoms with Crippen molar-refractivity contribution in [1.82, 2.24) is 5.32 Å². The summed E-state index contributed by atoms with van der Waals surface area (Å²) in [5.74, 6) is -0.231. The molecule has 0 aliphatic heterocycles. The highest BCUT2D eigenvalue weighted by Gasteiger charge is 2.30. The smallest absolute Gasteiger partial charge is 0.264 e. The number of benzene rings is 3. The summed E-state index contributed by atoms with van der Waals surface area (Å²) in [6.45, 7) is 1.26. The second-order valence-electron chi connectivity index (χ2n) is 7.17. The molecule has 33 heavy (non-hydrogen) atoms. The van der Waals surface area contributed by atoms with Gasteiger partial charge in [-0.05, 0) is 49.4 Å². The fourth-order valence-electron chi connectivity index (χ4n) is 3.39. The van der Waals surface area contributed by atoms with Gasteiger partial charge in [-0.25, -0.2) is 12.8 Å². The van der Waals surface area contributed by atoms with Crippen LogP contribution in [-0.2, 0) is 14.8 Å². The number of rotatable bonds is 9. The Morgan fingerprint density at radius 1 is 0.939 bits per heavy atom. The Morgan fingerprint density at radius 3 is 2.15 bits per heavy atom. The molecule has 0 spiro atoms. The van der Waals surface area contributed by atoms with Crippen LogP contribution in [0.4, 0.5) is 10.1 Å². The number of hydrogen-bond acceptors (Lipinski definition) is 5. The van der Waals surface area contributed by atoms with E-state index < -0.39 is 34.3 Å². The molecule has 3 rings (SSSR count). The molecule has 0 saturated heterocycles. The highest BCUT2D eigenvalue weighted by atomic mass is 32.2. The van der Waals surface area contributed by atoms with Gasteiger partial charge in [-0.1, -0.05) is 30.3 Å². The van der Waals surface area contributed by atoms with Gasteiger partial charge >= 0.3 is 0 Å². The fourth-order valence-corrected chi connectivity index (χ4v) is 4.82. The summed E-state index contributed by atoms with van der Waals surface area (Å²) in [5, 5.41) is 2.82. The molecular weight excluding hydrogens is 447 g/mol. The Labute approximate surface area is 192 Å². The monoisotopic (exact) mass is 472 g/mol. The second-order valence-corrected chi connectivity index (χ2v) is 9.03. The maximum absolute atomic E-state index is 13.5. The Morgan fingerprint density at radius 2 is 1.52 bits per heavy atom. The number of sulfonamides is 1. The van der Waals surface area contributed by atoms with Gasteiger partial charge in [0, 0.05) is 5.56 Å². The third kappa shape index (κ3) is 5.43. The lowest BCUT2D eigenvalue weighted by atomic mass is 10.1. The van der Waals surface area contributed by atoms with E-state index in [1.165, 1.54) is 20.3 Å². The van der Waals surface area contributed by atoms with Gasteiger partial charge < -0.3 is 14.8 Å². The topological polar surface area (TPSA) is 84.9 Å². The van der Waals surface area contributed by atoms with Gasteiger partial charge in [0.15, 0.2) is 0 Å². The van der Waals surface area contributed by atoms with E-state index in [1.807, 2.05) is 18.2 Å². The van der Waals surface area contributed by atoms with E-state index in [-0.39, 0.29) is 16.3 Å². The zero-order valence-corrected chi connectivity index (χ0v) is 19.3. The van der Waals surface area contributed by atoms with Crippen molar-refractivity contribution in [2.75, 3.05) is 25.1 Å². The second kappa shape index (κ2) is 10.4. The standard InChI is InChI=1S/C24H25FN2O5S/c1-17(20-8-4-6-10-22(20)31-2)26-24(28)16-27(21-9-5-7-11-23(21)32-3)33(29,30)19-14-12-18(25)13-15-19/h4-15,17H,16H2,1-3H3,(H,26,28). The minimum absolute atomic E-state index is 0.152. The summed E-state index contributed by atoms with van der Waals surface area (Å²) in [4.78, 5) is 12.8. The number of para-hydroxylation sites is 3. The minimum atomic E-state index is -4.21. The van der Waals surface area contributed by atoms with Crippen molar-refractivity contribution in [2.45, 2.75) is 17.9 Å². The lowest BCUT2D eigenvalue weighted by Gasteiger charge is -2.26. The number of carbonyl (C=O) groups excluding carboxylic acids is 1. The first-order valence-corrected chi connectivity index (χ1v) is 11.6. The van der Waals surface area contributed by atoms with E-state index in [2.05, 4.69) is 5.32 Å². The van der Waals surface area contributed by atoms with E-state index in [0.717, 1.165) is 34.1 Å². The van der Waals surface area contributed by atoms with Gasteiger partial charge in [0.05, 0.1) is 30.8 Å². The average Bonchev–Trinajstić information content (AvgIpc) is 2.82. The number of amides is 1. The Balaban J connectivity index is 1.94. The van der Waals surface area contributed by atoms with Gasteiger partial charge in [0.2, 0.25) is 5.91 Å². The van der Waals surface area contributed by atoms with Crippen molar-refractivity contribution in [2.24, 2.45) is 0 Å². The Hall–Kier alpha value is -3.59. The molecule has 0 bridgehead atoms. The summed E-state index contributed by atoms with van der Waals surface area (Å²) < 4.78 is 51.9. The third-order valence-corrected chi connectivity index (χ3v) is 6.80. The van der Waals surface area contributed by atoms with Crippen molar-refractivity contribution in [3.8, 4) is 11.5 Å². The van der Waals surface area contributed by atoms with Crippen LogP contribution in [0.25, 0.3) is 0 Å². The Kier molecular flexibility index (Phi) is 7.55. The summed E-state index contributed by atoms with van der Waals surface area (Å²) in [7, 11) is -1.27. The van der Waals surface area contributed by atoms with Crippen LogP contribution in [0.5, 0.6) is 11.5 Å². The maximum Gasteiger partial charge on any atom is 0.264 e. The number of carbonyl (C=O) groups is 1. The molecule has 7 nitrogen and oxygen atoms in total. The quantitative estimate of drug-likeness (QED) is 0.510. The zero-order valence-electron chi connectivity index (χ0n) is 18.5. The van der Waals surface area contributed by atoms with Crippen molar-refractivity contribution < 1.29 is 27.1 Å². The molecule has 0 saturated carbocycles. The van der Waals surface area contributed by atoms with Crippen molar-refractivity contribution in [3.63, 3.8) is 0 Å². The highest BCUT2D eigenvalue weighted by Crippen LogP contribution is 2.32. The van der Waals surface area contributed by atoms with Crippen LogP contribution in [0.15, 0.2) is 77.7 Å². The largest absolute Gasteiger partial charge is 0.496 e. The first-order valence-electron chi connectivity index (χ1n) is 10.1. The van der Waals surface area contributed by atoms with Crippen LogP contribution < -0.4 is 19.1 Å². The first kappa shape index (κ1) is 24.1. The molecule has 0 radical (unpaired) electrons. The molecule has 1 N–H and O–H groups in total. The molecule has 1 unspecified atom stereocenters. The predicted octanol–water partition coefficient (Wildman–Crippen LogP) is 3.92. The van der Waals surface area contributed by atoms with Crippen molar-refractivity contribution in [1.29, 1.82) is 0 Å². The molecule has 174 valence electrons. The van der Waals surface area contributed by atoms with E-state index in [1.54, 1.807) is 31.2 Å². The zero-order chi connectivity index (χ0) is 24.0. The van der Waals surface area contributed by atoms with E-state index in [4.69, 9.17) is 9.47 Å². The summed E-state index contributed by atoms with van der Waals surface area (Å²) >= 11 is 0. The molecule has 1 amide bonds. The summed E-state index contributed by atoms with van der Waals surface area (Å²) in [6.07, 6.45) is 0. The molecule has 0 aliphatic rings. The number of ether oxygens (including phenoxy) is 2. The number of hydrogen-bond donors (Lipinski definition) is 1. The molecule has 3 aromatic rings. The van der Waals surface area contributed by atoms with Crippen LogP contribution in [0, 0.1) is 5.82 Å². The Bertz CT molecular complexity index is 1220. The van der Waals surface area contributed by atoms with Crippen LogP contribution in [-0.4, -0.2) is 35.1 Å². The number of nitrogens with one attached hydrogen (secondary N) is 1. The van der Waals surface area contributed by atoms with Crippen molar-refractivity contribution >= 4 is 21.6 Å². The van der Waals surface area contributed by atoms with Crippen LogP contribution in [0.3, 0.4) is 0 Å². The molecule has 0 aliphatic carbocycles. The van der Waals surface area contributed by atoms with Gasteiger partial charge in [-0.3, -0.25) is 9.10 Å². The molecule has 9 heteroatoms. The van der Waals surface area contributed by atoms with Gasteiger partial charge in [-0.15, -0.1) is 0 Å². The molecule has 0 heterocycles. The lowest BCUT2D eigenvalue weighted by Crippen LogP contribution is -2.41. The summed E-state index contributed by atoms with van der Waals surface area (Å²) in [6, 6.07) is 17.7. The van der Waals surface area contributed by atoms with Crippen LogP contribution in [0.1, 0.15) is 18.5 Å². The van der Waals surface area contributed by atoms with Gasteiger partial charge in [-0.2, -0.15) is 0 Å². The average molecular weight is 473 g/mol. The van der Waals surface area contributed by atoms with E-state index in [9.17, 15) is 17.6 Å². The maximum atomic E-state index is 13.5. The SMILES string of the molecule is COc1ccccc1C(C)NC(=O)CN(c1ccccc1OC)S(=O)(=O)c1ccc(F)cc1. The molecular formula is C24H25FN2O5S. The van der Waals surface area contributed by atoms with Crippen LogP contribution >= 0.6 is 0 Å². The molecule has 3 aromatic carbocycles.